The second kappa shape index (κ2) is 7.29. The summed E-state index contributed by atoms with van der Waals surface area (Å²) in [4.78, 5) is 14.1. The topological polar surface area (TPSA) is 41.6 Å². The van der Waals surface area contributed by atoms with E-state index in [-0.39, 0.29) is 5.91 Å². The Labute approximate surface area is 121 Å². The first-order chi connectivity index (χ1) is 9.74. The maximum absolute atomic E-state index is 11.9. The van der Waals surface area contributed by atoms with E-state index in [2.05, 4.69) is 29.3 Å². The molecule has 2 rings (SSSR count). The molecule has 1 aliphatic rings. The van der Waals surface area contributed by atoms with E-state index in [1.165, 1.54) is 5.56 Å². The van der Waals surface area contributed by atoms with Crippen LogP contribution >= 0.6 is 0 Å². The van der Waals surface area contributed by atoms with Crippen molar-refractivity contribution in [1.29, 1.82) is 0 Å². The summed E-state index contributed by atoms with van der Waals surface area (Å²) in [5.74, 6) is 1.01. The number of amides is 1. The van der Waals surface area contributed by atoms with E-state index in [1.54, 1.807) is 7.11 Å². The van der Waals surface area contributed by atoms with Crippen molar-refractivity contribution in [3.8, 4) is 5.75 Å². The SMILES string of the molecule is CCCNC(=O)CN1CCCC1c1cccc(OC)c1. The van der Waals surface area contributed by atoms with Gasteiger partial charge in [-0.15, -0.1) is 0 Å². The molecule has 4 heteroatoms. The first-order valence-electron chi connectivity index (χ1n) is 7.39. The van der Waals surface area contributed by atoms with Crippen LogP contribution in [0, 0.1) is 0 Å². The van der Waals surface area contributed by atoms with Crippen LogP contribution in [0.4, 0.5) is 0 Å². The summed E-state index contributed by atoms with van der Waals surface area (Å²) < 4.78 is 5.29. The Morgan fingerprint density at radius 1 is 1.50 bits per heavy atom. The smallest absolute Gasteiger partial charge is 0.234 e. The van der Waals surface area contributed by atoms with Gasteiger partial charge in [0.05, 0.1) is 13.7 Å². The minimum Gasteiger partial charge on any atom is -0.497 e. The summed E-state index contributed by atoms with van der Waals surface area (Å²) in [5.41, 5.74) is 1.24. The van der Waals surface area contributed by atoms with Crippen molar-refractivity contribution >= 4 is 5.91 Å². The molecule has 4 nitrogen and oxygen atoms in total. The number of rotatable bonds is 6. The van der Waals surface area contributed by atoms with Gasteiger partial charge in [-0.25, -0.2) is 0 Å². The fourth-order valence-electron chi connectivity index (χ4n) is 2.75. The second-order valence-corrected chi connectivity index (χ2v) is 5.26. The zero-order valence-electron chi connectivity index (χ0n) is 12.4. The molecule has 0 spiro atoms. The lowest BCUT2D eigenvalue weighted by Gasteiger charge is -2.24. The molecule has 20 heavy (non-hydrogen) atoms. The van der Waals surface area contributed by atoms with Crippen LogP contribution in [0.25, 0.3) is 0 Å². The van der Waals surface area contributed by atoms with Crippen molar-refractivity contribution in [2.24, 2.45) is 0 Å². The average Bonchev–Trinajstić information content (AvgIpc) is 2.93. The van der Waals surface area contributed by atoms with Crippen LogP contribution in [0.15, 0.2) is 24.3 Å². The number of benzene rings is 1. The maximum atomic E-state index is 11.9. The molecule has 1 aromatic carbocycles. The summed E-state index contributed by atoms with van der Waals surface area (Å²) in [6, 6.07) is 8.50. The molecular weight excluding hydrogens is 252 g/mol. The Hall–Kier alpha value is -1.55. The highest BCUT2D eigenvalue weighted by atomic mass is 16.5. The highest BCUT2D eigenvalue weighted by Gasteiger charge is 2.27. The van der Waals surface area contributed by atoms with Crippen molar-refractivity contribution in [1.82, 2.24) is 10.2 Å². The van der Waals surface area contributed by atoms with Crippen LogP contribution in [-0.4, -0.2) is 37.6 Å². The van der Waals surface area contributed by atoms with Crippen molar-refractivity contribution in [3.63, 3.8) is 0 Å². The lowest BCUT2D eigenvalue weighted by atomic mass is 10.0. The zero-order valence-corrected chi connectivity index (χ0v) is 12.4. The highest BCUT2D eigenvalue weighted by Crippen LogP contribution is 2.32. The molecule has 0 aromatic heterocycles. The second-order valence-electron chi connectivity index (χ2n) is 5.26. The van der Waals surface area contributed by atoms with Gasteiger partial charge in [0.2, 0.25) is 5.91 Å². The Bertz CT molecular complexity index is 448. The zero-order chi connectivity index (χ0) is 14.4. The van der Waals surface area contributed by atoms with E-state index in [0.717, 1.165) is 38.1 Å². The number of carbonyl (C=O) groups excluding carboxylic acids is 1. The summed E-state index contributed by atoms with van der Waals surface area (Å²) in [7, 11) is 1.68. The number of hydrogen-bond donors (Lipinski definition) is 1. The molecule has 110 valence electrons. The molecule has 1 heterocycles. The van der Waals surface area contributed by atoms with E-state index in [4.69, 9.17) is 4.74 Å². The normalized spacial score (nSPS) is 19.0. The predicted octanol–water partition coefficient (Wildman–Crippen LogP) is 2.36. The Kier molecular flexibility index (Phi) is 5.41. The number of likely N-dealkylation sites (tertiary alicyclic amines) is 1. The molecule has 1 aliphatic heterocycles. The van der Waals surface area contributed by atoms with Crippen molar-refractivity contribution in [3.05, 3.63) is 29.8 Å². The van der Waals surface area contributed by atoms with E-state index in [9.17, 15) is 4.79 Å². The van der Waals surface area contributed by atoms with Crippen LogP contribution < -0.4 is 10.1 Å². The van der Waals surface area contributed by atoms with Crippen molar-refractivity contribution in [2.45, 2.75) is 32.2 Å². The molecular formula is C16H24N2O2. The largest absolute Gasteiger partial charge is 0.497 e. The number of nitrogens with one attached hydrogen (secondary N) is 1. The summed E-state index contributed by atoms with van der Waals surface area (Å²) in [6.45, 7) is 4.30. The fourth-order valence-corrected chi connectivity index (χ4v) is 2.75. The minimum atomic E-state index is 0.127. The van der Waals surface area contributed by atoms with E-state index >= 15 is 0 Å². The molecule has 1 N–H and O–H groups in total. The number of carbonyl (C=O) groups is 1. The molecule has 0 aliphatic carbocycles. The lowest BCUT2D eigenvalue weighted by molar-refractivity contribution is -0.122. The summed E-state index contributed by atoms with van der Waals surface area (Å²) in [6.07, 6.45) is 3.22. The van der Waals surface area contributed by atoms with Gasteiger partial charge >= 0.3 is 0 Å². The number of nitrogens with zero attached hydrogens (tertiary/aromatic N) is 1. The van der Waals surface area contributed by atoms with Crippen LogP contribution in [-0.2, 0) is 4.79 Å². The van der Waals surface area contributed by atoms with Gasteiger partial charge in [0.25, 0.3) is 0 Å². The maximum Gasteiger partial charge on any atom is 0.234 e. The highest BCUT2D eigenvalue weighted by molar-refractivity contribution is 5.78. The fraction of sp³-hybridized carbons (Fsp3) is 0.562. The standard InChI is InChI=1S/C16H24N2O2/c1-3-9-17-16(19)12-18-10-5-8-15(18)13-6-4-7-14(11-13)20-2/h4,6-7,11,15H,3,5,8-10,12H2,1-2H3,(H,17,19). The van der Waals surface area contributed by atoms with E-state index in [0.29, 0.717) is 12.6 Å². The number of hydrogen-bond acceptors (Lipinski definition) is 3. The lowest BCUT2D eigenvalue weighted by Crippen LogP contribution is -2.37. The molecule has 1 saturated heterocycles. The van der Waals surface area contributed by atoms with Gasteiger partial charge < -0.3 is 10.1 Å². The van der Waals surface area contributed by atoms with Gasteiger partial charge in [0.15, 0.2) is 0 Å². The van der Waals surface area contributed by atoms with E-state index < -0.39 is 0 Å². The summed E-state index contributed by atoms with van der Waals surface area (Å²) >= 11 is 0. The number of methoxy groups -OCH3 is 1. The molecule has 1 atom stereocenters. The Morgan fingerprint density at radius 2 is 2.35 bits per heavy atom. The van der Waals surface area contributed by atoms with Crippen LogP contribution in [0.5, 0.6) is 5.75 Å². The quantitative estimate of drug-likeness (QED) is 0.867. The molecule has 1 amide bonds. The molecule has 0 radical (unpaired) electrons. The molecule has 1 unspecified atom stereocenters. The third kappa shape index (κ3) is 3.73. The first-order valence-corrected chi connectivity index (χ1v) is 7.39. The van der Waals surface area contributed by atoms with Gasteiger partial charge in [-0.3, -0.25) is 9.69 Å². The van der Waals surface area contributed by atoms with Gasteiger partial charge in [-0.2, -0.15) is 0 Å². The number of ether oxygens (including phenoxy) is 1. The molecule has 0 bridgehead atoms. The monoisotopic (exact) mass is 276 g/mol. The molecule has 1 fully saturated rings. The Morgan fingerprint density at radius 3 is 3.10 bits per heavy atom. The predicted molar refractivity (Wildman–Crippen MR) is 79.8 cm³/mol. The van der Waals surface area contributed by atoms with Crippen molar-refractivity contribution < 1.29 is 9.53 Å². The summed E-state index contributed by atoms with van der Waals surface area (Å²) in [5, 5.41) is 2.95. The van der Waals surface area contributed by atoms with Gasteiger partial charge in [0.1, 0.15) is 5.75 Å². The van der Waals surface area contributed by atoms with Crippen LogP contribution in [0.1, 0.15) is 37.8 Å². The third-order valence-electron chi connectivity index (χ3n) is 3.76. The Balaban J connectivity index is 2.01. The van der Waals surface area contributed by atoms with Crippen LogP contribution in [0.3, 0.4) is 0 Å². The molecule has 0 saturated carbocycles. The first kappa shape index (κ1) is 14.9. The third-order valence-corrected chi connectivity index (χ3v) is 3.76. The van der Waals surface area contributed by atoms with Gasteiger partial charge in [-0.05, 0) is 43.5 Å². The molecule has 1 aromatic rings. The van der Waals surface area contributed by atoms with Crippen molar-refractivity contribution in [2.75, 3.05) is 26.7 Å². The van der Waals surface area contributed by atoms with Gasteiger partial charge in [-0.1, -0.05) is 19.1 Å². The van der Waals surface area contributed by atoms with Crippen LogP contribution in [0.2, 0.25) is 0 Å². The minimum absolute atomic E-state index is 0.127. The van der Waals surface area contributed by atoms with Gasteiger partial charge in [0, 0.05) is 12.6 Å². The van der Waals surface area contributed by atoms with E-state index in [1.807, 2.05) is 12.1 Å². The average molecular weight is 276 g/mol.